The molecule has 0 spiro atoms. The van der Waals surface area contributed by atoms with Gasteiger partial charge in [0.1, 0.15) is 36.0 Å². The molecule has 0 aliphatic carbocycles. The number of para-hydroxylation sites is 1. The third kappa shape index (κ3) is 4.25. The van der Waals surface area contributed by atoms with Crippen LogP contribution in [-0.2, 0) is 4.74 Å². The Morgan fingerprint density at radius 2 is 1.79 bits per heavy atom. The summed E-state index contributed by atoms with van der Waals surface area (Å²) in [4.78, 5) is 23.4. The van der Waals surface area contributed by atoms with E-state index in [4.69, 9.17) is 14.2 Å². The number of rotatable bonds is 7. The predicted molar refractivity (Wildman–Crippen MR) is 86.9 cm³/mol. The molecule has 0 saturated heterocycles. The Bertz CT molecular complexity index is 738. The van der Waals surface area contributed by atoms with Crippen molar-refractivity contribution >= 4 is 11.8 Å². The summed E-state index contributed by atoms with van der Waals surface area (Å²) in [5.41, 5.74) is 0.511. The molecule has 24 heavy (non-hydrogen) atoms. The fourth-order valence-corrected chi connectivity index (χ4v) is 2.06. The van der Waals surface area contributed by atoms with E-state index in [1.807, 2.05) is 0 Å². The molecule has 0 fully saturated rings. The highest BCUT2D eigenvalue weighted by molar-refractivity contribution is 5.96. The highest BCUT2D eigenvalue weighted by Crippen LogP contribution is 2.24. The lowest BCUT2D eigenvalue weighted by atomic mass is 10.1. The lowest BCUT2D eigenvalue weighted by Gasteiger charge is -2.10. The highest BCUT2D eigenvalue weighted by atomic mass is 16.6. The van der Waals surface area contributed by atoms with Gasteiger partial charge in [0.2, 0.25) is 0 Å². The summed E-state index contributed by atoms with van der Waals surface area (Å²) in [6.45, 7) is 1.53. The van der Waals surface area contributed by atoms with E-state index in [1.165, 1.54) is 26.2 Å². The van der Waals surface area contributed by atoms with E-state index in [-0.39, 0.29) is 30.3 Å². The van der Waals surface area contributed by atoms with Crippen LogP contribution in [0.1, 0.15) is 27.6 Å². The second-order valence-electron chi connectivity index (χ2n) is 4.92. The van der Waals surface area contributed by atoms with E-state index in [9.17, 15) is 14.7 Å². The molecule has 0 bridgehead atoms. The van der Waals surface area contributed by atoms with Crippen LogP contribution in [0.2, 0.25) is 0 Å². The third-order valence-corrected chi connectivity index (χ3v) is 3.27. The van der Waals surface area contributed by atoms with Crippen molar-refractivity contribution in [2.75, 3.05) is 20.3 Å². The Morgan fingerprint density at radius 1 is 1.04 bits per heavy atom. The summed E-state index contributed by atoms with van der Waals surface area (Å²) in [6.07, 6.45) is 0. The number of phenols is 1. The summed E-state index contributed by atoms with van der Waals surface area (Å²) >= 11 is 0. The van der Waals surface area contributed by atoms with E-state index < -0.39 is 5.97 Å². The van der Waals surface area contributed by atoms with E-state index in [1.54, 1.807) is 30.3 Å². The number of ketones is 1. The van der Waals surface area contributed by atoms with Crippen molar-refractivity contribution in [3.63, 3.8) is 0 Å². The molecule has 0 atom stereocenters. The molecule has 0 amide bonds. The number of methoxy groups -OCH3 is 1. The van der Waals surface area contributed by atoms with Crippen LogP contribution in [0.5, 0.6) is 17.2 Å². The number of hydrogen-bond acceptors (Lipinski definition) is 6. The summed E-state index contributed by atoms with van der Waals surface area (Å²) < 4.78 is 15.5. The molecule has 0 aliphatic heterocycles. The fourth-order valence-electron chi connectivity index (χ4n) is 2.06. The van der Waals surface area contributed by atoms with Crippen molar-refractivity contribution in [3.05, 3.63) is 53.6 Å². The highest BCUT2D eigenvalue weighted by Gasteiger charge is 2.14. The smallest absolute Gasteiger partial charge is 0.342 e. The van der Waals surface area contributed by atoms with Gasteiger partial charge < -0.3 is 19.3 Å². The number of carbonyl (C=O) groups excluding carboxylic acids is 2. The second-order valence-corrected chi connectivity index (χ2v) is 4.92. The SMILES string of the molecule is COc1ccc(C(=O)OCCOc2ccccc2C(C)=O)c(O)c1. The van der Waals surface area contributed by atoms with E-state index in [0.717, 1.165) is 0 Å². The third-order valence-electron chi connectivity index (χ3n) is 3.27. The molecule has 0 heterocycles. The van der Waals surface area contributed by atoms with Crippen molar-refractivity contribution in [1.82, 2.24) is 0 Å². The van der Waals surface area contributed by atoms with Crippen LogP contribution in [0.25, 0.3) is 0 Å². The standard InChI is InChI=1S/C18H18O6/c1-12(19)14-5-3-4-6-17(14)23-9-10-24-18(21)15-8-7-13(22-2)11-16(15)20/h3-8,11,20H,9-10H2,1-2H3. The molecule has 0 saturated carbocycles. The van der Waals surface area contributed by atoms with Gasteiger partial charge in [-0.3, -0.25) is 4.79 Å². The number of ether oxygens (including phenoxy) is 3. The quantitative estimate of drug-likeness (QED) is 0.477. The number of Topliss-reactive ketones (excluding diaryl/α,β-unsaturated/α-hetero) is 1. The molecule has 2 aromatic carbocycles. The van der Waals surface area contributed by atoms with Crippen LogP contribution in [0.4, 0.5) is 0 Å². The molecule has 6 heteroatoms. The zero-order chi connectivity index (χ0) is 17.5. The fraction of sp³-hybridized carbons (Fsp3) is 0.222. The van der Waals surface area contributed by atoms with Gasteiger partial charge in [0.25, 0.3) is 0 Å². The van der Waals surface area contributed by atoms with E-state index in [2.05, 4.69) is 0 Å². The minimum absolute atomic E-state index is 0.0173. The summed E-state index contributed by atoms with van der Waals surface area (Å²) in [5, 5.41) is 9.78. The van der Waals surface area contributed by atoms with Gasteiger partial charge in [-0.15, -0.1) is 0 Å². The summed E-state index contributed by atoms with van der Waals surface area (Å²) in [6, 6.07) is 11.1. The van der Waals surface area contributed by atoms with E-state index >= 15 is 0 Å². The zero-order valence-electron chi connectivity index (χ0n) is 13.4. The second kappa shape index (κ2) is 8.01. The van der Waals surface area contributed by atoms with Gasteiger partial charge in [0, 0.05) is 6.07 Å². The van der Waals surface area contributed by atoms with E-state index in [0.29, 0.717) is 17.1 Å². The number of phenolic OH excluding ortho intramolecular Hbond substituents is 1. The van der Waals surface area contributed by atoms with Crippen molar-refractivity contribution in [1.29, 1.82) is 0 Å². The molecule has 1 N–H and O–H groups in total. The first-order valence-corrected chi connectivity index (χ1v) is 7.30. The Morgan fingerprint density at radius 3 is 2.46 bits per heavy atom. The molecule has 6 nitrogen and oxygen atoms in total. The Kier molecular flexibility index (Phi) is 5.78. The first-order valence-electron chi connectivity index (χ1n) is 7.30. The maximum atomic E-state index is 11.9. The summed E-state index contributed by atoms with van der Waals surface area (Å²) in [7, 11) is 1.46. The summed E-state index contributed by atoms with van der Waals surface area (Å²) in [5.74, 6) is -0.117. The Hall–Kier alpha value is -3.02. The number of aromatic hydroxyl groups is 1. The normalized spacial score (nSPS) is 10.1. The molecular formula is C18H18O6. The maximum Gasteiger partial charge on any atom is 0.342 e. The number of carbonyl (C=O) groups is 2. The number of esters is 1. The minimum atomic E-state index is -0.668. The van der Waals surface area contributed by atoms with Crippen LogP contribution >= 0.6 is 0 Å². The van der Waals surface area contributed by atoms with Crippen LogP contribution in [0.3, 0.4) is 0 Å². The molecule has 0 unspecified atom stereocenters. The molecule has 2 rings (SSSR count). The van der Waals surface area contributed by atoms with Crippen LogP contribution in [0, 0.1) is 0 Å². The zero-order valence-corrected chi connectivity index (χ0v) is 13.4. The molecule has 126 valence electrons. The van der Waals surface area contributed by atoms with Gasteiger partial charge in [-0.2, -0.15) is 0 Å². The average Bonchev–Trinajstić information content (AvgIpc) is 2.58. The van der Waals surface area contributed by atoms with Gasteiger partial charge in [-0.25, -0.2) is 4.79 Å². The van der Waals surface area contributed by atoms with Gasteiger partial charge in [0.15, 0.2) is 5.78 Å². The van der Waals surface area contributed by atoms with Crippen molar-refractivity contribution in [2.24, 2.45) is 0 Å². The van der Waals surface area contributed by atoms with Crippen LogP contribution in [0.15, 0.2) is 42.5 Å². The molecular weight excluding hydrogens is 312 g/mol. The molecule has 2 aromatic rings. The van der Waals surface area contributed by atoms with Gasteiger partial charge in [-0.1, -0.05) is 12.1 Å². The lowest BCUT2D eigenvalue weighted by Crippen LogP contribution is -2.13. The van der Waals surface area contributed by atoms with Crippen molar-refractivity contribution in [2.45, 2.75) is 6.92 Å². The largest absolute Gasteiger partial charge is 0.507 e. The average molecular weight is 330 g/mol. The minimum Gasteiger partial charge on any atom is -0.507 e. The van der Waals surface area contributed by atoms with Crippen molar-refractivity contribution in [3.8, 4) is 17.2 Å². The molecule has 0 radical (unpaired) electrons. The Balaban J connectivity index is 1.89. The predicted octanol–water partition coefficient (Wildman–Crippen LogP) is 2.84. The van der Waals surface area contributed by atoms with Gasteiger partial charge in [-0.05, 0) is 31.2 Å². The van der Waals surface area contributed by atoms with Crippen LogP contribution in [-0.4, -0.2) is 37.2 Å². The maximum absolute atomic E-state index is 11.9. The topological polar surface area (TPSA) is 82.1 Å². The van der Waals surface area contributed by atoms with Crippen LogP contribution < -0.4 is 9.47 Å². The van der Waals surface area contributed by atoms with Crippen molar-refractivity contribution < 1.29 is 28.9 Å². The lowest BCUT2D eigenvalue weighted by molar-refractivity contribution is 0.0446. The Labute approximate surface area is 139 Å². The molecule has 0 aromatic heterocycles. The monoisotopic (exact) mass is 330 g/mol. The van der Waals surface area contributed by atoms with Gasteiger partial charge >= 0.3 is 5.97 Å². The first-order chi connectivity index (χ1) is 11.5. The number of benzene rings is 2. The molecule has 0 aliphatic rings. The van der Waals surface area contributed by atoms with Gasteiger partial charge in [0.05, 0.1) is 12.7 Å². The first kappa shape index (κ1) is 17.3. The number of hydrogen-bond donors (Lipinski definition) is 1.